The molecule has 1 heterocycles. The molecule has 1 aromatic carbocycles. The van der Waals surface area contributed by atoms with E-state index in [0.717, 1.165) is 18.5 Å². The highest BCUT2D eigenvalue weighted by Gasteiger charge is 2.06. The second kappa shape index (κ2) is 6.69. The SMILES string of the molecule is C=C(CNC(C)Cc1ccc(C)s1)c1ccccc1. The summed E-state index contributed by atoms with van der Waals surface area (Å²) in [5.74, 6) is 0. The third-order valence-corrected chi connectivity index (χ3v) is 4.17. The lowest BCUT2D eigenvalue weighted by molar-refractivity contribution is 0.589. The van der Waals surface area contributed by atoms with E-state index in [9.17, 15) is 0 Å². The largest absolute Gasteiger partial charge is 0.310 e. The van der Waals surface area contributed by atoms with Gasteiger partial charge in [0.15, 0.2) is 0 Å². The minimum absolute atomic E-state index is 0.471. The van der Waals surface area contributed by atoms with Crippen molar-refractivity contribution in [2.75, 3.05) is 6.54 Å². The van der Waals surface area contributed by atoms with Crippen LogP contribution >= 0.6 is 11.3 Å². The van der Waals surface area contributed by atoms with Gasteiger partial charge in [0.05, 0.1) is 0 Å². The van der Waals surface area contributed by atoms with Crippen molar-refractivity contribution in [2.24, 2.45) is 0 Å². The quantitative estimate of drug-likeness (QED) is 0.826. The van der Waals surface area contributed by atoms with E-state index in [1.165, 1.54) is 15.3 Å². The van der Waals surface area contributed by atoms with Crippen LogP contribution in [0.5, 0.6) is 0 Å². The molecule has 0 radical (unpaired) electrons. The van der Waals surface area contributed by atoms with Crippen LogP contribution in [-0.4, -0.2) is 12.6 Å². The van der Waals surface area contributed by atoms with Crippen LogP contribution in [-0.2, 0) is 6.42 Å². The number of aryl methyl sites for hydroxylation is 1. The Morgan fingerprint density at radius 1 is 1.21 bits per heavy atom. The standard InChI is InChI=1S/C17H21NS/c1-13(16-7-5-4-6-8-16)12-18-14(2)11-17-10-9-15(3)19-17/h4-10,14,18H,1,11-12H2,2-3H3. The van der Waals surface area contributed by atoms with Gasteiger partial charge in [-0.05, 0) is 43.5 Å². The maximum atomic E-state index is 4.15. The Kier molecular flexibility index (Phi) is 4.94. The number of benzene rings is 1. The van der Waals surface area contributed by atoms with Gasteiger partial charge in [0.1, 0.15) is 0 Å². The van der Waals surface area contributed by atoms with Gasteiger partial charge in [0, 0.05) is 22.3 Å². The van der Waals surface area contributed by atoms with Gasteiger partial charge in [-0.1, -0.05) is 36.9 Å². The van der Waals surface area contributed by atoms with E-state index < -0.39 is 0 Å². The summed E-state index contributed by atoms with van der Waals surface area (Å²) < 4.78 is 0. The molecular formula is C17H21NS. The first kappa shape index (κ1) is 14.0. The molecule has 2 heteroatoms. The maximum Gasteiger partial charge on any atom is 0.0208 e. The number of hydrogen-bond donors (Lipinski definition) is 1. The molecule has 1 nitrogen and oxygen atoms in total. The minimum Gasteiger partial charge on any atom is -0.310 e. The Hall–Kier alpha value is -1.38. The summed E-state index contributed by atoms with van der Waals surface area (Å²) in [6, 6.07) is 15.2. The van der Waals surface area contributed by atoms with Crippen LogP contribution in [0.15, 0.2) is 49.0 Å². The molecule has 0 saturated carbocycles. The van der Waals surface area contributed by atoms with Gasteiger partial charge in [-0.15, -0.1) is 11.3 Å². The summed E-state index contributed by atoms with van der Waals surface area (Å²) in [5.41, 5.74) is 2.36. The highest BCUT2D eigenvalue weighted by Crippen LogP contribution is 2.17. The second-order valence-electron chi connectivity index (χ2n) is 4.97. The average Bonchev–Trinajstić information content (AvgIpc) is 2.82. The predicted octanol–water partition coefficient (Wildman–Crippen LogP) is 4.29. The Bertz CT molecular complexity index is 527. The van der Waals surface area contributed by atoms with Crippen LogP contribution in [0, 0.1) is 6.92 Å². The van der Waals surface area contributed by atoms with Crippen LogP contribution < -0.4 is 5.32 Å². The van der Waals surface area contributed by atoms with Crippen molar-refractivity contribution in [3.05, 3.63) is 64.4 Å². The van der Waals surface area contributed by atoms with E-state index in [4.69, 9.17) is 0 Å². The zero-order valence-electron chi connectivity index (χ0n) is 11.6. The Morgan fingerprint density at radius 3 is 2.58 bits per heavy atom. The normalized spacial score (nSPS) is 12.3. The summed E-state index contributed by atoms with van der Waals surface area (Å²) in [6.07, 6.45) is 1.08. The number of thiophene rings is 1. The smallest absolute Gasteiger partial charge is 0.0208 e. The van der Waals surface area contributed by atoms with E-state index in [1.54, 1.807) is 0 Å². The molecule has 1 unspecified atom stereocenters. The van der Waals surface area contributed by atoms with Gasteiger partial charge in [-0.2, -0.15) is 0 Å². The molecule has 1 aromatic heterocycles. The van der Waals surface area contributed by atoms with E-state index in [1.807, 2.05) is 17.4 Å². The number of rotatable bonds is 6. The van der Waals surface area contributed by atoms with Gasteiger partial charge >= 0.3 is 0 Å². The lowest BCUT2D eigenvalue weighted by Gasteiger charge is -2.14. The average molecular weight is 271 g/mol. The zero-order valence-corrected chi connectivity index (χ0v) is 12.5. The van der Waals surface area contributed by atoms with Crippen LogP contribution in [0.1, 0.15) is 22.2 Å². The van der Waals surface area contributed by atoms with E-state index in [2.05, 4.69) is 62.1 Å². The van der Waals surface area contributed by atoms with Crippen molar-refractivity contribution in [2.45, 2.75) is 26.3 Å². The Labute approximate surface area is 120 Å². The molecule has 19 heavy (non-hydrogen) atoms. The Morgan fingerprint density at radius 2 is 1.95 bits per heavy atom. The fourth-order valence-corrected chi connectivity index (χ4v) is 3.06. The fourth-order valence-electron chi connectivity index (χ4n) is 2.04. The van der Waals surface area contributed by atoms with Gasteiger partial charge in [-0.25, -0.2) is 0 Å². The molecule has 0 bridgehead atoms. The molecule has 1 atom stereocenters. The molecule has 100 valence electrons. The van der Waals surface area contributed by atoms with Crippen molar-refractivity contribution in [1.82, 2.24) is 5.32 Å². The molecule has 1 N–H and O–H groups in total. The van der Waals surface area contributed by atoms with Crippen molar-refractivity contribution >= 4 is 16.9 Å². The molecular weight excluding hydrogens is 250 g/mol. The van der Waals surface area contributed by atoms with Crippen molar-refractivity contribution in [3.63, 3.8) is 0 Å². The van der Waals surface area contributed by atoms with Gasteiger partial charge in [0.2, 0.25) is 0 Å². The van der Waals surface area contributed by atoms with Gasteiger partial charge in [-0.3, -0.25) is 0 Å². The first-order chi connectivity index (χ1) is 9.15. The molecule has 0 aliphatic rings. The third kappa shape index (κ3) is 4.34. The first-order valence-electron chi connectivity index (χ1n) is 6.67. The molecule has 0 spiro atoms. The highest BCUT2D eigenvalue weighted by atomic mass is 32.1. The zero-order chi connectivity index (χ0) is 13.7. The molecule has 0 saturated heterocycles. The molecule has 2 rings (SSSR count). The lowest BCUT2D eigenvalue weighted by Crippen LogP contribution is -2.29. The lowest BCUT2D eigenvalue weighted by atomic mass is 10.1. The van der Waals surface area contributed by atoms with E-state index >= 15 is 0 Å². The molecule has 0 aliphatic carbocycles. The minimum atomic E-state index is 0.471. The van der Waals surface area contributed by atoms with Crippen molar-refractivity contribution in [1.29, 1.82) is 0 Å². The van der Waals surface area contributed by atoms with Crippen LogP contribution in [0.4, 0.5) is 0 Å². The summed E-state index contributed by atoms with van der Waals surface area (Å²) >= 11 is 1.88. The van der Waals surface area contributed by atoms with Crippen LogP contribution in [0.2, 0.25) is 0 Å². The van der Waals surface area contributed by atoms with Gasteiger partial charge < -0.3 is 5.32 Å². The molecule has 0 aliphatic heterocycles. The van der Waals surface area contributed by atoms with Gasteiger partial charge in [0.25, 0.3) is 0 Å². The Balaban J connectivity index is 1.80. The number of hydrogen-bond acceptors (Lipinski definition) is 2. The van der Waals surface area contributed by atoms with Crippen molar-refractivity contribution in [3.8, 4) is 0 Å². The van der Waals surface area contributed by atoms with Crippen molar-refractivity contribution < 1.29 is 0 Å². The molecule has 2 aromatic rings. The monoisotopic (exact) mass is 271 g/mol. The topological polar surface area (TPSA) is 12.0 Å². The summed E-state index contributed by atoms with van der Waals surface area (Å²) in [4.78, 5) is 2.83. The molecule has 0 amide bonds. The van der Waals surface area contributed by atoms with Crippen LogP contribution in [0.3, 0.4) is 0 Å². The fraction of sp³-hybridized carbons (Fsp3) is 0.294. The second-order valence-corrected chi connectivity index (χ2v) is 6.34. The molecule has 0 fully saturated rings. The number of nitrogens with one attached hydrogen (secondary N) is 1. The van der Waals surface area contributed by atoms with E-state index in [-0.39, 0.29) is 0 Å². The summed E-state index contributed by atoms with van der Waals surface area (Å²) in [6.45, 7) is 9.38. The summed E-state index contributed by atoms with van der Waals surface area (Å²) in [7, 11) is 0. The third-order valence-electron chi connectivity index (χ3n) is 3.15. The van der Waals surface area contributed by atoms with Crippen LogP contribution in [0.25, 0.3) is 5.57 Å². The summed E-state index contributed by atoms with van der Waals surface area (Å²) in [5, 5.41) is 3.55. The highest BCUT2D eigenvalue weighted by molar-refractivity contribution is 7.11. The van der Waals surface area contributed by atoms with E-state index in [0.29, 0.717) is 6.04 Å². The maximum absolute atomic E-state index is 4.15. The first-order valence-corrected chi connectivity index (χ1v) is 7.48. The predicted molar refractivity (Wildman–Crippen MR) is 85.7 cm³/mol.